The van der Waals surface area contributed by atoms with Gasteiger partial charge in [0.2, 0.25) is 0 Å². The Morgan fingerprint density at radius 2 is 2.05 bits per heavy atom. The lowest BCUT2D eigenvalue weighted by Crippen LogP contribution is -2.07. The van der Waals surface area contributed by atoms with Crippen molar-refractivity contribution in [3.63, 3.8) is 0 Å². The van der Waals surface area contributed by atoms with Crippen LogP contribution in [0.25, 0.3) is 0 Å². The van der Waals surface area contributed by atoms with E-state index in [-0.39, 0.29) is 12.0 Å². The second kappa shape index (κ2) is 7.10. The smallest absolute Gasteiger partial charge is 0.338 e. The summed E-state index contributed by atoms with van der Waals surface area (Å²) < 4.78 is 5.10. The van der Waals surface area contributed by atoms with Crippen molar-refractivity contribution in [2.75, 3.05) is 11.9 Å². The number of hydrogen-bond acceptors (Lipinski definition) is 4. The fourth-order valence-corrected chi connectivity index (χ4v) is 2.57. The van der Waals surface area contributed by atoms with E-state index in [9.17, 15) is 4.79 Å². The van der Waals surface area contributed by atoms with Gasteiger partial charge in [-0.15, -0.1) is 11.3 Å². The van der Waals surface area contributed by atoms with Gasteiger partial charge in [-0.1, -0.05) is 13.0 Å². The molecule has 106 valence electrons. The van der Waals surface area contributed by atoms with Crippen LogP contribution in [0.4, 0.5) is 5.69 Å². The number of thiophene rings is 1. The number of anilines is 1. The molecule has 0 spiro atoms. The van der Waals surface area contributed by atoms with Gasteiger partial charge in [0.15, 0.2) is 0 Å². The highest BCUT2D eigenvalue weighted by atomic mass is 32.1. The van der Waals surface area contributed by atoms with Crippen LogP contribution < -0.4 is 5.32 Å². The van der Waals surface area contributed by atoms with E-state index in [2.05, 4.69) is 23.7 Å². The monoisotopic (exact) mass is 289 g/mol. The van der Waals surface area contributed by atoms with Crippen molar-refractivity contribution in [2.24, 2.45) is 0 Å². The zero-order valence-corrected chi connectivity index (χ0v) is 12.6. The molecule has 0 saturated carbocycles. The largest absolute Gasteiger partial charge is 0.462 e. The summed E-state index contributed by atoms with van der Waals surface area (Å²) >= 11 is 1.73. The molecule has 1 aromatic carbocycles. The molecule has 3 nitrogen and oxygen atoms in total. The zero-order chi connectivity index (χ0) is 14.4. The molecule has 4 heteroatoms. The predicted octanol–water partition coefficient (Wildman–Crippen LogP) is 4.49. The quantitative estimate of drug-likeness (QED) is 0.796. The van der Waals surface area contributed by atoms with Crippen LogP contribution in [0.1, 0.15) is 41.5 Å². The van der Waals surface area contributed by atoms with Gasteiger partial charge < -0.3 is 10.1 Å². The molecule has 0 fully saturated rings. The van der Waals surface area contributed by atoms with Crippen LogP contribution in [-0.2, 0) is 4.74 Å². The van der Waals surface area contributed by atoms with E-state index in [0.717, 1.165) is 12.1 Å². The van der Waals surface area contributed by atoms with Gasteiger partial charge in [0, 0.05) is 10.6 Å². The summed E-state index contributed by atoms with van der Waals surface area (Å²) in [4.78, 5) is 13.0. The molecule has 1 unspecified atom stereocenters. The average Bonchev–Trinajstić information content (AvgIpc) is 3.00. The molecule has 0 bridgehead atoms. The SMILES string of the molecule is CCCOC(=O)c1ccc(NC(C)c2cccs2)cc1. The number of esters is 1. The minimum absolute atomic E-state index is 0.257. The number of benzene rings is 1. The fourth-order valence-electron chi connectivity index (χ4n) is 1.84. The van der Waals surface area contributed by atoms with Crippen molar-refractivity contribution < 1.29 is 9.53 Å². The predicted molar refractivity (Wildman–Crippen MR) is 83.4 cm³/mol. The summed E-state index contributed by atoms with van der Waals surface area (Å²) in [7, 11) is 0. The molecule has 1 aromatic heterocycles. The molecule has 1 atom stereocenters. The Hall–Kier alpha value is -1.81. The molecule has 0 aliphatic heterocycles. The lowest BCUT2D eigenvalue weighted by atomic mass is 10.2. The van der Waals surface area contributed by atoms with Crippen molar-refractivity contribution in [3.05, 3.63) is 52.2 Å². The number of hydrogen-bond donors (Lipinski definition) is 1. The van der Waals surface area contributed by atoms with Gasteiger partial charge in [0.05, 0.1) is 18.2 Å². The standard InChI is InChI=1S/C16H19NO2S/c1-3-10-19-16(18)13-6-8-14(9-7-13)17-12(2)15-5-4-11-20-15/h4-9,11-12,17H,3,10H2,1-2H3. The van der Waals surface area contributed by atoms with Gasteiger partial charge >= 0.3 is 5.97 Å². The first-order chi connectivity index (χ1) is 9.70. The van der Waals surface area contributed by atoms with Crippen LogP contribution in [0.2, 0.25) is 0 Å². The first-order valence-corrected chi connectivity index (χ1v) is 7.65. The third-order valence-corrected chi connectivity index (χ3v) is 3.97. The van der Waals surface area contributed by atoms with Gasteiger partial charge in [-0.3, -0.25) is 0 Å². The molecule has 0 saturated heterocycles. The normalized spacial score (nSPS) is 11.9. The Morgan fingerprint density at radius 1 is 1.30 bits per heavy atom. The molecular formula is C16H19NO2S. The van der Waals surface area contributed by atoms with Crippen LogP contribution >= 0.6 is 11.3 Å². The summed E-state index contributed by atoms with van der Waals surface area (Å²) in [5.74, 6) is -0.260. The van der Waals surface area contributed by atoms with Gasteiger partial charge in [0.1, 0.15) is 0 Å². The maximum Gasteiger partial charge on any atom is 0.338 e. The lowest BCUT2D eigenvalue weighted by molar-refractivity contribution is 0.0505. The highest BCUT2D eigenvalue weighted by Crippen LogP contribution is 2.23. The molecule has 1 heterocycles. The third kappa shape index (κ3) is 3.84. The van der Waals surface area contributed by atoms with Crippen LogP contribution in [0, 0.1) is 0 Å². The van der Waals surface area contributed by atoms with E-state index in [4.69, 9.17) is 4.74 Å². The first-order valence-electron chi connectivity index (χ1n) is 6.78. The topological polar surface area (TPSA) is 38.3 Å². The van der Waals surface area contributed by atoms with Crippen LogP contribution in [-0.4, -0.2) is 12.6 Å². The van der Waals surface area contributed by atoms with E-state index in [0.29, 0.717) is 12.2 Å². The molecule has 1 N–H and O–H groups in total. The molecule has 0 amide bonds. The van der Waals surface area contributed by atoms with Crippen LogP contribution in [0.3, 0.4) is 0 Å². The first kappa shape index (κ1) is 14.6. The van der Waals surface area contributed by atoms with E-state index in [1.807, 2.05) is 25.1 Å². The molecule has 2 aromatic rings. The number of nitrogens with one attached hydrogen (secondary N) is 1. The van der Waals surface area contributed by atoms with Gasteiger partial charge in [-0.25, -0.2) is 4.79 Å². The van der Waals surface area contributed by atoms with Crippen LogP contribution in [0.5, 0.6) is 0 Å². The fraction of sp³-hybridized carbons (Fsp3) is 0.312. The summed E-state index contributed by atoms with van der Waals surface area (Å²) in [6.07, 6.45) is 0.837. The number of carbonyl (C=O) groups excluding carboxylic acids is 1. The van der Waals surface area contributed by atoms with Crippen molar-refractivity contribution in [2.45, 2.75) is 26.3 Å². The van der Waals surface area contributed by atoms with E-state index in [1.54, 1.807) is 23.5 Å². The Morgan fingerprint density at radius 3 is 2.65 bits per heavy atom. The minimum atomic E-state index is -0.260. The molecule has 0 radical (unpaired) electrons. The highest BCUT2D eigenvalue weighted by molar-refractivity contribution is 7.10. The second-order valence-electron chi connectivity index (χ2n) is 4.59. The van der Waals surface area contributed by atoms with Crippen molar-refractivity contribution >= 4 is 23.0 Å². The molecule has 20 heavy (non-hydrogen) atoms. The average molecular weight is 289 g/mol. The number of carbonyl (C=O) groups is 1. The van der Waals surface area contributed by atoms with E-state index < -0.39 is 0 Å². The minimum Gasteiger partial charge on any atom is -0.462 e. The van der Waals surface area contributed by atoms with Crippen molar-refractivity contribution in [1.82, 2.24) is 0 Å². The zero-order valence-electron chi connectivity index (χ0n) is 11.8. The maximum atomic E-state index is 11.7. The molecule has 0 aliphatic carbocycles. The van der Waals surface area contributed by atoms with E-state index >= 15 is 0 Å². The lowest BCUT2D eigenvalue weighted by Gasteiger charge is -2.14. The Bertz CT molecular complexity index is 534. The number of rotatable bonds is 6. The Kier molecular flexibility index (Phi) is 5.18. The molecule has 0 aliphatic rings. The summed E-state index contributed by atoms with van der Waals surface area (Å²) in [5.41, 5.74) is 1.59. The van der Waals surface area contributed by atoms with Gasteiger partial charge in [-0.2, -0.15) is 0 Å². The highest BCUT2D eigenvalue weighted by Gasteiger charge is 2.08. The van der Waals surface area contributed by atoms with E-state index in [1.165, 1.54) is 4.88 Å². The Labute approximate surface area is 123 Å². The summed E-state index contributed by atoms with van der Waals surface area (Å²) in [5, 5.41) is 5.48. The summed E-state index contributed by atoms with van der Waals surface area (Å²) in [6, 6.07) is 11.8. The van der Waals surface area contributed by atoms with Crippen molar-refractivity contribution in [3.8, 4) is 0 Å². The maximum absolute atomic E-state index is 11.7. The molecule has 2 rings (SSSR count). The summed E-state index contributed by atoms with van der Waals surface area (Å²) in [6.45, 7) is 4.57. The Balaban J connectivity index is 1.96. The number of ether oxygens (including phenoxy) is 1. The van der Waals surface area contributed by atoms with Gasteiger partial charge in [-0.05, 0) is 49.1 Å². The third-order valence-electron chi connectivity index (χ3n) is 2.91. The van der Waals surface area contributed by atoms with Gasteiger partial charge in [0.25, 0.3) is 0 Å². The van der Waals surface area contributed by atoms with Crippen molar-refractivity contribution in [1.29, 1.82) is 0 Å². The van der Waals surface area contributed by atoms with Crippen LogP contribution in [0.15, 0.2) is 41.8 Å². The second-order valence-corrected chi connectivity index (χ2v) is 5.57. The molecular weight excluding hydrogens is 270 g/mol.